The highest BCUT2D eigenvalue weighted by molar-refractivity contribution is 5.97. The van der Waals surface area contributed by atoms with Crippen LogP contribution in [0.3, 0.4) is 0 Å². The van der Waals surface area contributed by atoms with Crippen molar-refractivity contribution in [3.8, 4) is 5.75 Å². The van der Waals surface area contributed by atoms with Crippen LogP contribution in [0.1, 0.15) is 39.0 Å². The summed E-state index contributed by atoms with van der Waals surface area (Å²) in [5.74, 6) is 0.325. The molecule has 10 nitrogen and oxygen atoms in total. The van der Waals surface area contributed by atoms with Crippen molar-refractivity contribution in [1.82, 2.24) is 10.2 Å². The number of benzene rings is 2. The number of nitrogens with zero attached hydrogens (tertiary/aromatic N) is 2. The second kappa shape index (κ2) is 13.6. The van der Waals surface area contributed by atoms with Crippen LogP contribution in [0.25, 0.3) is 0 Å². The van der Waals surface area contributed by atoms with Crippen molar-refractivity contribution >= 4 is 23.2 Å². The smallest absolute Gasteiger partial charge is 0.269 e. The molecule has 10 heteroatoms. The van der Waals surface area contributed by atoms with Crippen molar-refractivity contribution in [2.24, 2.45) is 11.7 Å². The molecule has 1 saturated heterocycles. The van der Waals surface area contributed by atoms with Gasteiger partial charge in [-0.3, -0.25) is 25.0 Å². The van der Waals surface area contributed by atoms with Crippen molar-refractivity contribution in [2.45, 2.75) is 51.2 Å². The van der Waals surface area contributed by atoms with E-state index in [0.717, 1.165) is 25.8 Å². The number of rotatable bonds is 12. The van der Waals surface area contributed by atoms with Gasteiger partial charge in [0.1, 0.15) is 11.8 Å². The van der Waals surface area contributed by atoms with Gasteiger partial charge in [-0.05, 0) is 75.4 Å². The Hall–Kier alpha value is -3.50. The number of nitro groups is 1. The zero-order chi connectivity index (χ0) is 25.9. The van der Waals surface area contributed by atoms with Crippen LogP contribution in [-0.2, 0) is 9.59 Å². The molecule has 0 saturated carbocycles. The van der Waals surface area contributed by atoms with Crippen LogP contribution in [0, 0.1) is 16.0 Å². The first-order chi connectivity index (χ1) is 17.4. The van der Waals surface area contributed by atoms with Gasteiger partial charge in [-0.25, -0.2) is 0 Å². The van der Waals surface area contributed by atoms with Crippen LogP contribution in [0.4, 0.5) is 11.4 Å². The first-order valence-electron chi connectivity index (χ1n) is 12.4. The molecule has 3 atom stereocenters. The molecular formula is C26H35N5O5. The maximum atomic E-state index is 13.6. The molecule has 1 heterocycles. The number of carbonyl (C=O) groups is 2. The average molecular weight is 498 g/mol. The monoisotopic (exact) mass is 497 g/mol. The Bertz CT molecular complexity index is 1000. The standard InChI is InChI=1S/C26H35N5O5/c1-19-14-16-28-24(17-19)30(25(32)18-36-22-7-3-2-4-8-22)23(9-5-6-15-27)26(33)29-20-10-12-21(13-11-20)31(34)35/h2-4,7-8,10-13,19,23-24,28H,5-6,9,14-18,27H2,1H3,(H,29,33)/t19?,23-,24?/m0/s1. The molecule has 0 radical (unpaired) electrons. The van der Waals surface area contributed by atoms with E-state index in [9.17, 15) is 19.7 Å². The van der Waals surface area contributed by atoms with Gasteiger partial charge < -0.3 is 20.7 Å². The van der Waals surface area contributed by atoms with Crippen LogP contribution in [0.2, 0.25) is 0 Å². The molecule has 2 aromatic carbocycles. The van der Waals surface area contributed by atoms with Gasteiger partial charge in [-0.2, -0.15) is 0 Å². The molecule has 2 amide bonds. The molecule has 0 bridgehead atoms. The summed E-state index contributed by atoms with van der Waals surface area (Å²) in [6, 6.07) is 13.9. The lowest BCUT2D eigenvalue weighted by atomic mass is 9.95. The van der Waals surface area contributed by atoms with Gasteiger partial charge in [0.2, 0.25) is 5.91 Å². The molecule has 1 fully saturated rings. The van der Waals surface area contributed by atoms with E-state index >= 15 is 0 Å². The van der Waals surface area contributed by atoms with E-state index in [1.165, 1.54) is 24.3 Å². The number of hydrogen-bond donors (Lipinski definition) is 3. The highest BCUT2D eigenvalue weighted by Gasteiger charge is 2.37. The van der Waals surface area contributed by atoms with E-state index in [1.54, 1.807) is 17.0 Å². The summed E-state index contributed by atoms with van der Waals surface area (Å²) in [6.45, 7) is 3.17. The molecule has 0 aromatic heterocycles. The number of anilines is 1. The van der Waals surface area contributed by atoms with Crippen LogP contribution in [0.5, 0.6) is 5.75 Å². The van der Waals surface area contributed by atoms with Crippen LogP contribution >= 0.6 is 0 Å². The van der Waals surface area contributed by atoms with Crippen molar-refractivity contribution < 1.29 is 19.2 Å². The minimum absolute atomic E-state index is 0.0669. The summed E-state index contributed by atoms with van der Waals surface area (Å²) in [5, 5.41) is 17.2. The predicted octanol–water partition coefficient (Wildman–Crippen LogP) is 3.28. The van der Waals surface area contributed by atoms with Gasteiger partial charge in [0.15, 0.2) is 6.61 Å². The van der Waals surface area contributed by atoms with Crippen molar-refractivity contribution in [3.63, 3.8) is 0 Å². The molecule has 1 aliphatic heterocycles. The summed E-state index contributed by atoms with van der Waals surface area (Å²) in [7, 11) is 0. The van der Waals surface area contributed by atoms with Crippen molar-refractivity contribution in [2.75, 3.05) is 25.0 Å². The third kappa shape index (κ3) is 7.76. The molecule has 3 rings (SSSR count). The lowest BCUT2D eigenvalue weighted by molar-refractivity contribution is -0.384. The molecule has 2 aromatic rings. The molecule has 1 aliphatic rings. The Morgan fingerprint density at radius 2 is 1.92 bits per heavy atom. The molecule has 0 spiro atoms. The fourth-order valence-electron chi connectivity index (χ4n) is 4.36. The lowest BCUT2D eigenvalue weighted by Crippen LogP contribution is -2.60. The Morgan fingerprint density at radius 3 is 2.56 bits per heavy atom. The molecular weight excluding hydrogens is 462 g/mol. The average Bonchev–Trinajstić information content (AvgIpc) is 2.88. The second-order valence-electron chi connectivity index (χ2n) is 9.10. The first-order valence-corrected chi connectivity index (χ1v) is 12.4. The number of hydrogen-bond acceptors (Lipinski definition) is 7. The molecule has 2 unspecified atom stereocenters. The number of carbonyl (C=O) groups excluding carboxylic acids is 2. The quantitative estimate of drug-likeness (QED) is 0.232. The van der Waals surface area contributed by atoms with Crippen molar-refractivity contribution in [1.29, 1.82) is 0 Å². The Balaban J connectivity index is 1.83. The SMILES string of the molecule is CC1CCNC(N(C(=O)COc2ccccc2)[C@@H](CCCCN)C(=O)Nc2ccc([N+](=O)[O-])cc2)C1. The van der Waals surface area contributed by atoms with E-state index in [4.69, 9.17) is 10.5 Å². The van der Waals surface area contributed by atoms with E-state index in [1.807, 2.05) is 18.2 Å². The van der Waals surface area contributed by atoms with E-state index in [0.29, 0.717) is 36.7 Å². The van der Waals surface area contributed by atoms with Gasteiger partial charge in [0, 0.05) is 17.8 Å². The van der Waals surface area contributed by atoms with Crippen LogP contribution in [0.15, 0.2) is 54.6 Å². The number of piperidine rings is 1. The number of unbranched alkanes of at least 4 members (excludes halogenated alkanes) is 1. The number of nitrogens with one attached hydrogen (secondary N) is 2. The summed E-state index contributed by atoms with van der Waals surface area (Å²) in [6.07, 6.45) is 3.21. The lowest BCUT2D eigenvalue weighted by Gasteiger charge is -2.41. The van der Waals surface area contributed by atoms with Crippen LogP contribution in [-0.4, -0.2) is 53.5 Å². The molecule has 0 aliphatic carbocycles. The minimum atomic E-state index is -0.763. The summed E-state index contributed by atoms with van der Waals surface area (Å²) in [5.41, 5.74) is 6.05. The van der Waals surface area contributed by atoms with Gasteiger partial charge in [0.25, 0.3) is 11.6 Å². The number of para-hydroxylation sites is 1. The third-order valence-corrected chi connectivity index (χ3v) is 6.29. The zero-order valence-corrected chi connectivity index (χ0v) is 20.6. The Labute approximate surface area is 211 Å². The van der Waals surface area contributed by atoms with Gasteiger partial charge >= 0.3 is 0 Å². The van der Waals surface area contributed by atoms with Crippen molar-refractivity contribution in [3.05, 3.63) is 64.7 Å². The fraction of sp³-hybridized carbons (Fsp3) is 0.462. The number of non-ortho nitro benzene ring substituents is 1. The van der Waals surface area contributed by atoms with Gasteiger partial charge in [0.05, 0.1) is 11.1 Å². The normalized spacial score (nSPS) is 18.2. The maximum absolute atomic E-state index is 13.6. The number of nitro benzene ring substituents is 1. The topological polar surface area (TPSA) is 140 Å². The maximum Gasteiger partial charge on any atom is 0.269 e. The first kappa shape index (κ1) is 27.1. The summed E-state index contributed by atoms with van der Waals surface area (Å²) >= 11 is 0. The Kier molecular flexibility index (Phi) is 10.2. The highest BCUT2D eigenvalue weighted by Crippen LogP contribution is 2.24. The van der Waals surface area contributed by atoms with E-state index in [2.05, 4.69) is 17.6 Å². The predicted molar refractivity (Wildman–Crippen MR) is 137 cm³/mol. The van der Waals surface area contributed by atoms with Crippen LogP contribution < -0.4 is 21.1 Å². The number of nitrogens with two attached hydrogens (primary N) is 1. The summed E-state index contributed by atoms with van der Waals surface area (Å²) in [4.78, 5) is 39.2. The molecule has 36 heavy (non-hydrogen) atoms. The Morgan fingerprint density at radius 1 is 1.19 bits per heavy atom. The minimum Gasteiger partial charge on any atom is -0.484 e. The van der Waals surface area contributed by atoms with Gasteiger partial charge in [-0.15, -0.1) is 0 Å². The van der Waals surface area contributed by atoms with E-state index in [-0.39, 0.29) is 30.3 Å². The molecule has 4 N–H and O–H groups in total. The highest BCUT2D eigenvalue weighted by atomic mass is 16.6. The number of ether oxygens (including phenoxy) is 1. The van der Waals surface area contributed by atoms with E-state index < -0.39 is 11.0 Å². The zero-order valence-electron chi connectivity index (χ0n) is 20.6. The third-order valence-electron chi connectivity index (χ3n) is 6.29. The largest absolute Gasteiger partial charge is 0.484 e. The number of amides is 2. The summed E-state index contributed by atoms with van der Waals surface area (Å²) < 4.78 is 5.74. The fourth-order valence-corrected chi connectivity index (χ4v) is 4.36. The molecule has 194 valence electrons. The van der Waals surface area contributed by atoms with Gasteiger partial charge in [-0.1, -0.05) is 25.1 Å². The second-order valence-corrected chi connectivity index (χ2v) is 9.10.